The normalized spacial score (nSPS) is 20.3. The molecular weight excluding hydrogens is 345 g/mol. The lowest BCUT2D eigenvalue weighted by Gasteiger charge is -2.35. The highest BCUT2D eigenvalue weighted by molar-refractivity contribution is 6.04. The first-order chi connectivity index (χ1) is 13.2. The van der Waals surface area contributed by atoms with Crippen molar-refractivity contribution in [2.45, 2.75) is 19.1 Å². The standard InChI is InChI=1S/C21H22FN3O2/c22-18-9-5-4-8-17(18)19-14-20(27-23-19)21(26)25-12-10-24(11-13-25)15-16-6-2-1-3-7-16/h1-9,20H,10-15H2. The van der Waals surface area contributed by atoms with Gasteiger partial charge in [-0.1, -0.05) is 53.7 Å². The highest BCUT2D eigenvalue weighted by atomic mass is 19.1. The number of amides is 1. The highest BCUT2D eigenvalue weighted by Crippen LogP contribution is 2.21. The zero-order valence-corrected chi connectivity index (χ0v) is 15.1. The number of piperazine rings is 1. The van der Waals surface area contributed by atoms with Crippen molar-refractivity contribution in [1.29, 1.82) is 0 Å². The van der Waals surface area contributed by atoms with Crippen LogP contribution in [-0.2, 0) is 16.2 Å². The molecule has 0 saturated carbocycles. The average Bonchev–Trinajstić information content (AvgIpc) is 3.19. The number of rotatable bonds is 4. The van der Waals surface area contributed by atoms with Crippen LogP contribution >= 0.6 is 0 Å². The Labute approximate surface area is 158 Å². The second-order valence-electron chi connectivity index (χ2n) is 6.90. The molecule has 140 valence electrons. The molecule has 2 heterocycles. The molecule has 0 aromatic heterocycles. The third kappa shape index (κ3) is 4.01. The van der Waals surface area contributed by atoms with E-state index in [-0.39, 0.29) is 11.7 Å². The zero-order chi connectivity index (χ0) is 18.6. The maximum absolute atomic E-state index is 13.9. The van der Waals surface area contributed by atoms with E-state index in [9.17, 15) is 9.18 Å². The van der Waals surface area contributed by atoms with Gasteiger partial charge in [-0.2, -0.15) is 0 Å². The minimum Gasteiger partial charge on any atom is -0.382 e. The van der Waals surface area contributed by atoms with Crippen molar-refractivity contribution in [2.75, 3.05) is 26.2 Å². The molecule has 0 aliphatic carbocycles. The lowest BCUT2D eigenvalue weighted by Crippen LogP contribution is -2.51. The molecule has 1 unspecified atom stereocenters. The van der Waals surface area contributed by atoms with Gasteiger partial charge in [0.15, 0.2) is 0 Å². The predicted octanol–water partition coefficient (Wildman–Crippen LogP) is 2.66. The summed E-state index contributed by atoms with van der Waals surface area (Å²) in [6.45, 7) is 3.88. The van der Waals surface area contributed by atoms with Crippen LogP contribution in [0.25, 0.3) is 0 Å². The lowest BCUT2D eigenvalue weighted by atomic mass is 10.0. The number of carbonyl (C=O) groups is 1. The Hall–Kier alpha value is -2.73. The molecule has 1 amide bonds. The number of oxime groups is 1. The van der Waals surface area contributed by atoms with E-state index >= 15 is 0 Å². The van der Waals surface area contributed by atoms with Crippen LogP contribution in [0.3, 0.4) is 0 Å². The summed E-state index contributed by atoms with van der Waals surface area (Å²) in [6.07, 6.45) is -0.343. The van der Waals surface area contributed by atoms with Gasteiger partial charge in [0.05, 0.1) is 5.71 Å². The molecule has 4 rings (SSSR count). The minimum absolute atomic E-state index is 0.0653. The van der Waals surface area contributed by atoms with E-state index < -0.39 is 6.10 Å². The molecule has 0 radical (unpaired) electrons. The van der Waals surface area contributed by atoms with E-state index in [0.717, 1.165) is 19.6 Å². The highest BCUT2D eigenvalue weighted by Gasteiger charge is 2.34. The van der Waals surface area contributed by atoms with Gasteiger partial charge in [0.25, 0.3) is 5.91 Å². The van der Waals surface area contributed by atoms with Crippen LogP contribution in [0, 0.1) is 5.82 Å². The molecular formula is C21H22FN3O2. The van der Waals surface area contributed by atoms with Gasteiger partial charge in [0.2, 0.25) is 6.10 Å². The summed E-state index contributed by atoms with van der Waals surface area (Å²) in [5.41, 5.74) is 2.17. The van der Waals surface area contributed by atoms with Crippen LogP contribution in [0.2, 0.25) is 0 Å². The van der Waals surface area contributed by atoms with E-state index in [1.807, 2.05) is 23.1 Å². The molecule has 1 fully saturated rings. The quantitative estimate of drug-likeness (QED) is 0.835. The topological polar surface area (TPSA) is 45.1 Å². The van der Waals surface area contributed by atoms with Gasteiger partial charge in [-0.15, -0.1) is 0 Å². The Bertz CT molecular complexity index is 832. The van der Waals surface area contributed by atoms with Crippen molar-refractivity contribution >= 4 is 11.6 Å². The second kappa shape index (κ2) is 7.88. The summed E-state index contributed by atoms with van der Waals surface area (Å²) in [5, 5.41) is 3.95. The molecule has 2 aromatic rings. The van der Waals surface area contributed by atoms with Crippen LogP contribution < -0.4 is 0 Å². The van der Waals surface area contributed by atoms with Crippen molar-refractivity contribution in [1.82, 2.24) is 9.80 Å². The molecule has 0 bridgehead atoms. The monoisotopic (exact) mass is 367 g/mol. The fourth-order valence-corrected chi connectivity index (χ4v) is 3.54. The van der Waals surface area contributed by atoms with Crippen molar-refractivity contribution in [2.24, 2.45) is 5.16 Å². The number of hydrogen-bond donors (Lipinski definition) is 0. The van der Waals surface area contributed by atoms with Crippen LogP contribution in [-0.4, -0.2) is 53.7 Å². The average molecular weight is 367 g/mol. The maximum atomic E-state index is 13.9. The summed E-state index contributed by atoms with van der Waals surface area (Å²) in [6, 6.07) is 16.8. The van der Waals surface area contributed by atoms with Gasteiger partial charge in [0.1, 0.15) is 5.82 Å². The first kappa shape index (κ1) is 17.7. The summed E-state index contributed by atoms with van der Waals surface area (Å²) < 4.78 is 13.9. The van der Waals surface area contributed by atoms with Crippen LogP contribution in [0.1, 0.15) is 17.5 Å². The molecule has 6 heteroatoms. The lowest BCUT2D eigenvalue weighted by molar-refractivity contribution is -0.143. The fraction of sp³-hybridized carbons (Fsp3) is 0.333. The number of benzene rings is 2. The first-order valence-corrected chi connectivity index (χ1v) is 9.23. The Morgan fingerprint density at radius 1 is 1.04 bits per heavy atom. The Morgan fingerprint density at radius 2 is 1.74 bits per heavy atom. The molecule has 1 atom stereocenters. The summed E-state index contributed by atoms with van der Waals surface area (Å²) in [5.74, 6) is -0.410. The molecule has 2 aliphatic rings. The first-order valence-electron chi connectivity index (χ1n) is 9.23. The molecule has 27 heavy (non-hydrogen) atoms. The zero-order valence-electron chi connectivity index (χ0n) is 15.1. The van der Waals surface area contributed by atoms with E-state index in [1.54, 1.807) is 18.2 Å². The summed E-state index contributed by atoms with van der Waals surface area (Å²) >= 11 is 0. The van der Waals surface area contributed by atoms with Crippen molar-refractivity contribution in [3.05, 3.63) is 71.5 Å². The van der Waals surface area contributed by atoms with E-state index in [4.69, 9.17) is 4.84 Å². The van der Waals surface area contributed by atoms with Gasteiger partial charge in [0, 0.05) is 44.7 Å². The van der Waals surface area contributed by atoms with Gasteiger partial charge in [-0.25, -0.2) is 4.39 Å². The number of halogens is 1. The van der Waals surface area contributed by atoms with Crippen LogP contribution in [0.4, 0.5) is 4.39 Å². The van der Waals surface area contributed by atoms with Crippen molar-refractivity contribution < 1.29 is 14.0 Å². The van der Waals surface area contributed by atoms with Crippen LogP contribution in [0.5, 0.6) is 0 Å². The number of hydrogen-bond acceptors (Lipinski definition) is 4. The van der Waals surface area contributed by atoms with Crippen molar-refractivity contribution in [3.63, 3.8) is 0 Å². The maximum Gasteiger partial charge on any atom is 0.266 e. The van der Waals surface area contributed by atoms with Crippen molar-refractivity contribution in [3.8, 4) is 0 Å². The number of nitrogens with zero attached hydrogens (tertiary/aromatic N) is 3. The number of carbonyl (C=O) groups excluding carboxylic acids is 1. The Morgan fingerprint density at radius 3 is 2.48 bits per heavy atom. The van der Waals surface area contributed by atoms with Gasteiger partial charge in [-0.3, -0.25) is 9.69 Å². The van der Waals surface area contributed by atoms with E-state index in [0.29, 0.717) is 30.8 Å². The smallest absolute Gasteiger partial charge is 0.266 e. The van der Waals surface area contributed by atoms with Gasteiger partial charge < -0.3 is 9.74 Å². The predicted molar refractivity (Wildman–Crippen MR) is 101 cm³/mol. The van der Waals surface area contributed by atoms with Gasteiger partial charge >= 0.3 is 0 Å². The third-order valence-electron chi connectivity index (χ3n) is 5.06. The molecule has 1 saturated heterocycles. The van der Waals surface area contributed by atoms with E-state index in [1.165, 1.54) is 11.6 Å². The largest absolute Gasteiger partial charge is 0.382 e. The second-order valence-corrected chi connectivity index (χ2v) is 6.90. The Balaban J connectivity index is 1.30. The summed E-state index contributed by atoms with van der Waals surface area (Å²) in [7, 11) is 0. The molecule has 2 aliphatic heterocycles. The minimum atomic E-state index is -0.653. The van der Waals surface area contributed by atoms with Crippen LogP contribution in [0.15, 0.2) is 59.8 Å². The molecule has 2 aromatic carbocycles. The Kier molecular flexibility index (Phi) is 5.16. The summed E-state index contributed by atoms with van der Waals surface area (Å²) in [4.78, 5) is 22.2. The van der Waals surface area contributed by atoms with E-state index in [2.05, 4.69) is 22.2 Å². The molecule has 5 nitrogen and oxygen atoms in total. The molecule has 0 spiro atoms. The van der Waals surface area contributed by atoms with Gasteiger partial charge in [-0.05, 0) is 11.6 Å². The fourth-order valence-electron chi connectivity index (χ4n) is 3.54. The molecule has 0 N–H and O–H groups in total. The third-order valence-corrected chi connectivity index (χ3v) is 5.06. The SMILES string of the molecule is O=C(C1CC(c2ccccc2F)=NO1)N1CCN(Cc2ccccc2)CC1.